The predicted octanol–water partition coefficient (Wildman–Crippen LogP) is 2.69. The Kier molecular flexibility index (Phi) is 4.72. The molecule has 1 aromatic carbocycles. The summed E-state index contributed by atoms with van der Waals surface area (Å²) < 4.78 is 1.87. The average molecular weight is 340 g/mol. The highest BCUT2D eigenvalue weighted by Gasteiger charge is 2.17. The summed E-state index contributed by atoms with van der Waals surface area (Å²) in [6.45, 7) is 1.65. The second-order valence-electron chi connectivity index (χ2n) is 5.18. The Hall–Kier alpha value is -2.93. The lowest BCUT2D eigenvalue weighted by Crippen LogP contribution is -2.41. The van der Waals surface area contributed by atoms with Gasteiger partial charge in [0.1, 0.15) is 6.04 Å². The minimum Gasteiger partial charge on any atom is -0.340 e. The molecule has 0 radical (unpaired) electrons. The molecule has 24 heavy (non-hydrogen) atoms. The van der Waals surface area contributed by atoms with Gasteiger partial charge in [0.05, 0.1) is 11.2 Å². The lowest BCUT2D eigenvalue weighted by atomic mass is 10.2. The van der Waals surface area contributed by atoms with Crippen molar-refractivity contribution in [3.8, 4) is 5.69 Å². The molecular formula is C17H16N4O2S. The Morgan fingerprint density at radius 1 is 1.21 bits per heavy atom. The minimum atomic E-state index is -0.632. The molecule has 2 heterocycles. The molecule has 1 unspecified atom stereocenters. The highest BCUT2D eigenvalue weighted by molar-refractivity contribution is 7.12. The van der Waals surface area contributed by atoms with Gasteiger partial charge in [-0.05, 0) is 42.6 Å². The third kappa shape index (κ3) is 3.69. The number of rotatable bonds is 5. The molecule has 0 bridgehead atoms. The summed E-state index contributed by atoms with van der Waals surface area (Å²) in [5, 5.41) is 7.29. The third-order valence-corrected chi connectivity index (χ3v) is 4.29. The fourth-order valence-electron chi connectivity index (χ4n) is 2.12. The maximum absolute atomic E-state index is 12.2. The van der Waals surface area contributed by atoms with Gasteiger partial charge < -0.3 is 15.2 Å². The Bertz CT molecular complexity index is 811. The van der Waals surface area contributed by atoms with Crippen LogP contribution in [0.3, 0.4) is 0 Å². The van der Waals surface area contributed by atoms with Gasteiger partial charge in [-0.3, -0.25) is 9.59 Å². The van der Waals surface area contributed by atoms with Crippen molar-refractivity contribution in [1.29, 1.82) is 0 Å². The van der Waals surface area contributed by atoms with Gasteiger partial charge in [0.2, 0.25) is 5.91 Å². The molecule has 0 saturated heterocycles. The number of carbonyl (C=O) groups is 2. The molecule has 1 atom stereocenters. The number of hydrogen-bond donors (Lipinski definition) is 2. The van der Waals surface area contributed by atoms with Crippen molar-refractivity contribution < 1.29 is 9.59 Å². The Morgan fingerprint density at radius 2 is 2.00 bits per heavy atom. The summed E-state index contributed by atoms with van der Waals surface area (Å²) in [5.41, 5.74) is 1.62. The van der Waals surface area contributed by atoms with E-state index in [9.17, 15) is 9.59 Å². The van der Waals surface area contributed by atoms with E-state index in [1.165, 1.54) is 11.3 Å². The summed E-state index contributed by atoms with van der Waals surface area (Å²) in [7, 11) is 0. The number of hydrogen-bond acceptors (Lipinski definition) is 4. The van der Waals surface area contributed by atoms with Gasteiger partial charge in [-0.2, -0.15) is 0 Å². The molecule has 0 aliphatic carbocycles. The zero-order valence-electron chi connectivity index (χ0n) is 13.0. The molecule has 7 heteroatoms. The molecule has 0 aliphatic heterocycles. The highest BCUT2D eigenvalue weighted by Crippen LogP contribution is 2.13. The first kappa shape index (κ1) is 15.9. The van der Waals surface area contributed by atoms with Crippen LogP contribution in [0.2, 0.25) is 0 Å². The monoisotopic (exact) mass is 340 g/mol. The number of thiophene rings is 1. The van der Waals surface area contributed by atoms with Crippen molar-refractivity contribution in [2.24, 2.45) is 0 Å². The number of nitrogens with zero attached hydrogens (tertiary/aromatic N) is 2. The van der Waals surface area contributed by atoms with E-state index in [0.717, 1.165) is 5.69 Å². The maximum atomic E-state index is 12.2. The molecule has 2 aromatic heterocycles. The molecule has 3 rings (SSSR count). The number of amides is 2. The lowest BCUT2D eigenvalue weighted by molar-refractivity contribution is -0.117. The van der Waals surface area contributed by atoms with Crippen molar-refractivity contribution in [3.05, 3.63) is 65.4 Å². The second kappa shape index (κ2) is 7.10. The average Bonchev–Trinajstić information content (AvgIpc) is 3.29. The van der Waals surface area contributed by atoms with Crippen molar-refractivity contribution in [3.63, 3.8) is 0 Å². The largest absolute Gasteiger partial charge is 0.340 e. The molecule has 0 spiro atoms. The summed E-state index contributed by atoms with van der Waals surface area (Å²) >= 11 is 1.34. The zero-order chi connectivity index (χ0) is 16.9. The number of nitrogens with one attached hydrogen (secondary N) is 2. The number of benzene rings is 1. The van der Waals surface area contributed by atoms with Gasteiger partial charge in [0.15, 0.2) is 0 Å². The summed E-state index contributed by atoms with van der Waals surface area (Å²) in [6, 6.07) is 10.3. The normalized spacial score (nSPS) is 11.7. The molecule has 122 valence electrons. The molecule has 2 N–H and O–H groups in total. The van der Waals surface area contributed by atoms with Crippen LogP contribution in [0.15, 0.2) is 60.5 Å². The Labute approximate surface area is 143 Å². The van der Waals surface area contributed by atoms with E-state index in [0.29, 0.717) is 10.6 Å². The first-order chi connectivity index (χ1) is 11.6. The van der Waals surface area contributed by atoms with Crippen LogP contribution in [0.25, 0.3) is 5.69 Å². The first-order valence-corrected chi connectivity index (χ1v) is 8.25. The summed E-state index contributed by atoms with van der Waals surface area (Å²) in [5.74, 6) is -0.515. The van der Waals surface area contributed by atoms with E-state index < -0.39 is 6.04 Å². The van der Waals surface area contributed by atoms with Gasteiger partial charge in [-0.25, -0.2) is 4.98 Å². The topological polar surface area (TPSA) is 76.0 Å². The van der Waals surface area contributed by atoms with Crippen molar-refractivity contribution >= 4 is 28.8 Å². The smallest absolute Gasteiger partial charge is 0.261 e. The maximum Gasteiger partial charge on any atom is 0.261 e. The number of aromatic nitrogens is 2. The predicted molar refractivity (Wildman–Crippen MR) is 93.4 cm³/mol. The summed E-state index contributed by atoms with van der Waals surface area (Å²) in [6.07, 6.45) is 5.25. The minimum absolute atomic E-state index is 0.247. The standard InChI is InChI=1S/C17H16N4O2S/c1-12(19-17(23)15-3-2-10-24-15)16(22)20-13-4-6-14(7-5-13)21-9-8-18-11-21/h2-12H,1H3,(H,19,23)(H,20,22). The van der Waals surface area contributed by atoms with Crippen molar-refractivity contribution in [2.75, 3.05) is 5.32 Å². The number of carbonyl (C=O) groups excluding carboxylic acids is 2. The van der Waals surface area contributed by atoms with Gasteiger partial charge in [-0.1, -0.05) is 6.07 Å². The first-order valence-electron chi connectivity index (χ1n) is 7.37. The van der Waals surface area contributed by atoms with E-state index >= 15 is 0 Å². The third-order valence-electron chi connectivity index (χ3n) is 3.42. The van der Waals surface area contributed by atoms with Crippen molar-refractivity contribution in [2.45, 2.75) is 13.0 Å². The van der Waals surface area contributed by atoms with Gasteiger partial charge in [0, 0.05) is 23.8 Å². The van der Waals surface area contributed by atoms with Crippen LogP contribution in [0.4, 0.5) is 5.69 Å². The molecule has 0 fully saturated rings. The molecular weight excluding hydrogens is 324 g/mol. The van der Waals surface area contributed by atoms with E-state index in [1.54, 1.807) is 43.7 Å². The highest BCUT2D eigenvalue weighted by atomic mass is 32.1. The van der Waals surface area contributed by atoms with Gasteiger partial charge >= 0.3 is 0 Å². The Morgan fingerprint density at radius 3 is 2.62 bits per heavy atom. The SMILES string of the molecule is CC(NC(=O)c1cccs1)C(=O)Nc1ccc(-n2ccnc2)cc1. The van der Waals surface area contributed by atoms with Gasteiger partial charge in [0.25, 0.3) is 5.91 Å². The molecule has 0 aliphatic rings. The molecule has 6 nitrogen and oxygen atoms in total. The molecule has 3 aromatic rings. The van der Waals surface area contributed by atoms with Gasteiger partial charge in [-0.15, -0.1) is 11.3 Å². The second-order valence-corrected chi connectivity index (χ2v) is 6.13. The van der Waals surface area contributed by atoms with Crippen LogP contribution in [0.1, 0.15) is 16.6 Å². The van der Waals surface area contributed by atoms with Crippen LogP contribution in [0, 0.1) is 0 Å². The van der Waals surface area contributed by atoms with Crippen LogP contribution in [-0.4, -0.2) is 27.4 Å². The molecule has 2 amide bonds. The van der Waals surface area contributed by atoms with Crippen molar-refractivity contribution in [1.82, 2.24) is 14.9 Å². The fraction of sp³-hybridized carbons (Fsp3) is 0.118. The lowest BCUT2D eigenvalue weighted by Gasteiger charge is -2.14. The van der Waals surface area contributed by atoms with E-state index in [1.807, 2.05) is 28.3 Å². The van der Waals surface area contributed by atoms with E-state index in [4.69, 9.17) is 0 Å². The van der Waals surface area contributed by atoms with Crippen LogP contribution < -0.4 is 10.6 Å². The van der Waals surface area contributed by atoms with E-state index in [-0.39, 0.29) is 11.8 Å². The summed E-state index contributed by atoms with van der Waals surface area (Å²) in [4.78, 5) is 28.7. The van der Waals surface area contributed by atoms with Crippen LogP contribution in [0.5, 0.6) is 0 Å². The number of imidazole rings is 1. The van der Waals surface area contributed by atoms with E-state index in [2.05, 4.69) is 15.6 Å². The van der Waals surface area contributed by atoms with Crippen LogP contribution in [-0.2, 0) is 4.79 Å². The van der Waals surface area contributed by atoms with Crippen LogP contribution >= 0.6 is 11.3 Å². The quantitative estimate of drug-likeness (QED) is 0.750. The molecule has 0 saturated carbocycles. The number of anilines is 1. The Balaban J connectivity index is 1.59. The fourth-order valence-corrected chi connectivity index (χ4v) is 2.75. The zero-order valence-corrected chi connectivity index (χ0v) is 13.8.